The van der Waals surface area contributed by atoms with Crippen LogP contribution in [-0.4, -0.2) is 37.0 Å². The van der Waals surface area contributed by atoms with E-state index in [1.807, 2.05) is 6.07 Å². The minimum atomic E-state index is -0.606. The molecule has 0 aliphatic carbocycles. The summed E-state index contributed by atoms with van der Waals surface area (Å²) in [5.74, 6) is -0.490. The number of hydrogen-bond acceptors (Lipinski definition) is 5. The average Bonchev–Trinajstić information content (AvgIpc) is 3.17. The second kappa shape index (κ2) is 5.72. The summed E-state index contributed by atoms with van der Waals surface area (Å²) in [5.41, 5.74) is 6.86. The van der Waals surface area contributed by atoms with Crippen LogP contribution in [0.15, 0.2) is 36.5 Å². The molecule has 0 unspecified atom stereocenters. The number of tetrazole rings is 1. The first-order chi connectivity index (χ1) is 11.1. The van der Waals surface area contributed by atoms with Crippen LogP contribution in [0.3, 0.4) is 0 Å². The van der Waals surface area contributed by atoms with Crippen molar-refractivity contribution in [3.63, 3.8) is 0 Å². The molecule has 0 aliphatic rings. The van der Waals surface area contributed by atoms with E-state index in [4.69, 9.17) is 5.73 Å². The van der Waals surface area contributed by atoms with Gasteiger partial charge in [-0.15, -0.1) is 5.10 Å². The summed E-state index contributed by atoms with van der Waals surface area (Å²) < 4.78 is 1.50. The van der Waals surface area contributed by atoms with Crippen molar-refractivity contribution in [2.75, 3.05) is 5.32 Å². The number of aromatic amines is 1. The molecule has 0 fully saturated rings. The number of nitrogens with zero attached hydrogens (tertiary/aromatic N) is 4. The third-order valence-corrected chi connectivity index (χ3v) is 3.25. The maximum absolute atomic E-state index is 12.3. The predicted octanol–water partition coefficient (Wildman–Crippen LogP) is 0.556. The summed E-state index contributed by atoms with van der Waals surface area (Å²) in [7, 11) is 1.71. The Bertz CT molecular complexity index is 881. The Hall–Kier alpha value is -3.49. The number of anilines is 1. The zero-order chi connectivity index (χ0) is 16.4. The number of rotatable bonds is 4. The predicted molar refractivity (Wildman–Crippen MR) is 81.5 cm³/mol. The summed E-state index contributed by atoms with van der Waals surface area (Å²) in [6, 6.07) is 8.53. The molecule has 116 valence electrons. The fraction of sp³-hybridized carbons (Fsp3) is 0.0714. The van der Waals surface area contributed by atoms with Gasteiger partial charge in [-0.05, 0) is 28.6 Å². The number of nitrogens with one attached hydrogen (secondary N) is 2. The zero-order valence-corrected chi connectivity index (χ0v) is 12.1. The Morgan fingerprint density at radius 1 is 1.30 bits per heavy atom. The number of para-hydroxylation sites is 1. The fourth-order valence-corrected chi connectivity index (χ4v) is 2.10. The molecule has 2 heterocycles. The van der Waals surface area contributed by atoms with Crippen molar-refractivity contribution in [3.8, 4) is 11.4 Å². The third kappa shape index (κ3) is 2.79. The van der Waals surface area contributed by atoms with Crippen molar-refractivity contribution < 1.29 is 9.59 Å². The Morgan fingerprint density at radius 3 is 2.74 bits per heavy atom. The van der Waals surface area contributed by atoms with Gasteiger partial charge in [0.1, 0.15) is 5.69 Å². The highest BCUT2D eigenvalue weighted by Gasteiger charge is 2.15. The largest absolute Gasteiger partial charge is 0.366 e. The van der Waals surface area contributed by atoms with Gasteiger partial charge < -0.3 is 16.0 Å². The molecule has 0 radical (unpaired) electrons. The van der Waals surface area contributed by atoms with Crippen LogP contribution in [0.25, 0.3) is 11.4 Å². The van der Waals surface area contributed by atoms with Gasteiger partial charge >= 0.3 is 0 Å². The molecular weight excluding hydrogens is 298 g/mol. The molecule has 3 rings (SSSR count). The molecule has 0 aliphatic heterocycles. The molecule has 0 saturated carbocycles. The Labute approximate surface area is 130 Å². The Balaban J connectivity index is 1.90. The van der Waals surface area contributed by atoms with E-state index in [2.05, 4.69) is 25.8 Å². The van der Waals surface area contributed by atoms with E-state index < -0.39 is 11.8 Å². The molecule has 1 aromatic carbocycles. The van der Waals surface area contributed by atoms with Gasteiger partial charge in [-0.25, -0.2) is 4.68 Å². The maximum Gasteiger partial charge on any atom is 0.272 e. The molecule has 9 heteroatoms. The first kappa shape index (κ1) is 14.4. The Morgan fingerprint density at radius 2 is 2.09 bits per heavy atom. The van der Waals surface area contributed by atoms with Gasteiger partial charge in [0.2, 0.25) is 5.91 Å². The highest BCUT2D eigenvalue weighted by Crippen LogP contribution is 2.25. The van der Waals surface area contributed by atoms with Crippen LogP contribution in [0.1, 0.15) is 20.8 Å². The molecule has 9 nitrogen and oxygen atoms in total. The molecule has 23 heavy (non-hydrogen) atoms. The molecule has 4 N–H and O–H groups in total. The highest BCUT2D eigenvalue weighted by atomic mass is 16.2. The monoisotopic (exact) mass is 311 g/mol. The number of nitrogens with two attached hydrogens (primary N) is 1. The SMILES string of the molecule is Cn1nnnc1-c1ccccc1NC(=O)c1cc(C(N)=O)c[nH]1. The lowest BCUT2D eigenvalue weighted by molar-refractivity contribution is 0.0999. The number of aryl methyl sites for hydroxylation is 1. The van der Waals surface area contributed by atoms with Crippen LogP contribution in [0.2, 0.25) is 0 Å². The van der Waals surface area contributed by atoms with E-state index in [1.54, 1.807) is 25.2 Å². The molecule has 0 spiro atoms. The summed E-state index contributed by atoms with van der Waals surface area (Å²) in [6.07, 6.45) is 1.38. The molecule has 2 aromatic heterocycles. The van der Waals surface area contributed by atoms with Crippen molar-refractivity contribution in [1.82, 2.24) is 25.2 Å². The summed E-state index contributed by atoms with van der Waals surface area (Å²) in [4.78, 5) is 26.1. The lowest BCUT2D eigenvalue weighted by atomic mass is 10.1. The number of carbonyl (C=O) groups is 2. The minimum absolute atomic E-state index is 0.227. The van der Waals surface area contributed by atoms with E-state index in [-0.39, 0.29) is 11.3 Å². The number of H-pyrrole nitrogens is 1. The number of hydrogen-bond donors (Lipinski definition) is 3. The molecule has 3 aromatic rings. The van der Waals surface area contributed by atoms with Crippen LogP contribution in [0, 0.1) is 0 Å². The van der Waals surface area contributed by atoms with E-state index in [1.165, 1.54) is 16.9 Å². The fourth-order valence-electron chi connectivity index (χ4n) is 2.10. The maximum atomic E-state index is 12.3. The van der Waals surface area contributed by atoms with E-state index in [0.29, 0.717) is 17.1 Å². The number of primary amides is 1. The second-order valence-corrected chi connectivity index (χ2v) is 4.79. The van der Waals surface area contributed by atoms with Gasteiger partial charge in [0.15, 0.2) is 5.82 Å². The third-order valence-electron chi connectivity index (χ3n) is 3.25. The lowest BCUT2D eigenvalue weighted by Gasteiger charge is -2.09. The number of benzene rings is 1. The van der Waals surface area contributed by atoms with Crippen molar-refractivity contribution in [2.45, 2.75) is 0 Å². The number of amides is 2. The normalized spacial score (nSPS) is 10.5. The van der Waals surface area contributed by atoms with Crippen molar-refractivity contribution in [2.24, 2.45) is 12.8 Å². The van der Waals surface area contributed by atoms with Gasteiger partial charge in [-0.3, -0.25) is 9.59 Å². The quantitative estimate of drug-likeness (QED) is 0.647. The number of carbonyl (C=O) groups excluding carboxylic acids is 2. The zero-order valence-electron chi connectivity index (χ0n) is 12.1. The molecule has 0 bridgehead atoms. The lowest BCUT2D eigenvalue weighted by Crippen LogP contribution is -2.14. The van der Waals surface area contributed by atoms with E-state index in [9.17, 15) is 9.59 Å². The van der Waals surface area contributed by atoms with Gasteiger partial charge in [-0.2, -0.15) is 0 Å². The van der Waals surface area contributed by atoms with Crippen LogP contribution in [-0.2, 0) is 7.05 Å². The summed E-state index contributed by atoms with van der Waals surface area (Å²) in [5, 5.41) is 14.1. The van der Waals surface area contributed by atoms with Crippen molar-refractivity contribution in [1.29, 1.82) is 0 Å². The van der Waals surface area contributed by atoms with Crippen LogP contribution in [0.4, 0.5) is 5.69 Å². The van der Waals surface area contributed by atoms with Gasteiger partial charge in [0, 0.05) is 18.8 Å². The van der Waals surface area contributed by atoms with E-state index in [0.717, 1.165) is 0 Å². The van der Waals surface area contributed by atoms with Crippen molar-refractivity contribution >= 4 is 17.5 Å². The first-order valence-corrected chi connectivity index (χ1v) is 6.67. The smallest absolute Gasteiger partial charge is 0.272 e. The molecule has 0 atom stereocenters. The highest BCUT2D eigenvalue weighted by molar-refractivity contribution is 6.06. The summed E-state index contributed by atoms with van der Waals surface area (Å²) >= 11 is 0. The van der Waals surface area contributed by atoms with Gasteiger partial charge in [0.05, 0.1) is 11.3 Å². The second-order valence-electron chi connectivity index (χ2n) is 4.79. The van der Waals surface area contributed by atoms with Gasteiger partial charge in [-0.1, -0.05) is 12.1 Å². The minimum Gasteiger partial charge on any atom is -0.366 e. The molecule has 2 amide bonds. The van der Waals surface area contributed by atoms with Crippen LogP contribution < -0.4 is 11.1 Å². The standard InChI is InChI=1S/C14H13N7O2/c1-21-13(18-19-20-21)9-4-2-3-5-10(9)17-14(23)11-6-8(7-16-11)12(15)22/h2-7,16H,1H3,(H2,15,22)(H,17,23). The Kier molecular flexibility index (Phi) is 3.59. The van der Waals surface area contributed by atoms with Gasteiger partial charge in [0.25, 0.3) is 5.91 Å². The molecule has 0 saturated heterocycles. The summed E-state index contributed by atoms with van der Waals surface area (Å²) in [6.45, 7) is 0. The van der Waals surface area contributed by atoms with E-state index >= 15 is 0 Å². The molecular formula is C14H13N7O2. The van der Waals surface area contributed by atoms with Crippen LogP contribution >= 0.6 is 0 Å². The topological polar surface area (TPSA) is 132 Å². The number of aromatic nitrogens is 5. The first-order valence-electron chi connectivity index (χ1n) is 6.67. The van der Waals surface area contributed by atoms with Crippen LogP contribution in [0.5, 0.6) is 0 Å². The average molecular weight is 311 g/mol. The van der Waals surface area contributed by atoms with Crippen molar-refractivity contribution in [3.05, 3.63) is 47.8 Å².